The Balaban J connectivity index is 1.36. The standard InChI is InChI=1S/C34H22N2S/c1-3-9-23(10-4-1)24-15-17-26(18-16-24)31-22-30(25-11-5-2-6-12-25)35-34(36-31)27-19-20-29-28-13-7-8-14-32(28)37-33(29)21-27/h1-22H. The molecule has 0 saturated heterocycles. The molecule has 0 spiro atoms. The SMILES string of the molecule is c1ccc(-c2ccc(-c3cc(-c4ccccc4)nc(-c4ccc5c(c4)sc4ccccc45)n3)cc2)cc1. The van der Waals surface area contributed by atoms with Crippen molar-refractivity contribution in [3.63, 3.8) is 0 Å². The van der Waals surface area contributed by atoms with Crippen molar-refractivity contribution in [1.82, 2.24) is 9.97 Å². The minimum absolute atomic E-state index is 0.739. The van der Waals surface area contributed by atoms with Crippen LogP contribution in [0, 0.1) is 0 Å². The molecule has 174 valence electrons. The van der Waals surface area contributed by atoms with Crippen LogP contribution in [0.25, 0.3) is 65.2 Å². The number of thiophene rings is 1. The molecule has 0 N–H and O–H groups in total. The molecule has 0 atom stereocenters. The maximum Gasteiger partial charge on any atom is 0.160 e. The second kappa shape index (κ2) is 9.12. The van der Waals surface area contributed by atoms with Gasteiger partial charge in [-0.25, -0.2) is 9.97 Å². The van der Waals surface area contributed by atoms with E-state index in [1.165, 1.54) is 31.3 Å². The third kappa shape index (κ3) is 4.10. The number of rotatable bonds is 4. The average molecular weight is 491 g/mol. The van der Waals surface area contributed by atoms with Gasteiger partial charge in [-0.3, -0.25) is 0 Å². The van der Waals surface area contributed by atoms with E-state index in [-0.39, 0.29) is 0 Å². The number of benzene rings is 5. The summed E-state index contributed by atoms with van der Waals surface area (Å²) in [4.78, 5) is 10.1. The Morgan fingerprint density at radius 3 is 1.62 bits per heavy atom. The zero-order valence-electron chi connectivity index (χ0n) is 20.0. The first-order valence-electron chi connectivity index (χ1n) is 12.3. The van der Waals surface area contributed by atoms with Crippen molar-refractivity contribution in [2.75, 3.05) is 0 Å². The Bertz CT molecular complexity index is 1850. The molecule has 2 aromatic heterocycles. The Hall–Kier alpha value is -4.60. The molecular weight excluding hydrogens is 468 g/mol. The molecule has 0 bridgehead atoms. The summed E-state index contributed by atoms with van der Waals surface area (Å²) in [5, 5.41) is 2.58. The van der Waals surface area contributed by atoms with Gasteiger partial charge in [0.2, 0.25) is 0 Å². The summed E-state index contributed by atoms with van der Waals surface area (Å²) >= 11 is 1.82. The van der Waals surface area contributed by atoms with E-state index in [0.717, 1.165) is 33.9 Å². The van der Waals surface area contributed by atoms with Gasteiger partial charge in [-0.1, -0.05) is 115 Å². The smallest absolute Gasteiger partial charge is 0.160 e. The maximum atomic E-state index is 5.06. The van der Waals surface area contributed by atoms with Gasteiger partial charge in [-0.15, -0.1) is 11.3 Å². The zero-order chi connectivity index (χ0) is 24.6. The normalized spacial score (nSPS) is 11.2. The molecule has 7 aromatic rings. The van der Waals surface area contributed by atoms with Crippen molar-refractivity contribution >= 4 is 31.5 Å². The molecule has 2 nitrogen and oxygen atoms in total. The monoisotopic (exact) mass is 490 g/mol. The molecule has 0 aliphatic carbocycles. The Morgan fingerprint density at radius 2 is 0.892 bits per heavy atom. The maximum absolute atomic E-state index is 5.06. The molecule has 0 amide bonds. The minimum Gasteiger partial charge on any atom is -0.228 e. The van der Waals surface area contributed by atoms with Gasteiger partial charge < -0.3 is 0 Å². The average Bonchev–Trinajstić information content (AvgIpc) is 3.36. The molecular formula is C34H22N2S. The summed E-state index contributed by atoms with van der Waals surface area (Å²) in [7, 11) is 0. The molecule has 0 saturated carbocycles. The number of aromatic nitrogens is 2. The van der Waals surface area contributed by atoms with Gasteiger partial charge in [0.1, 0.15) is 0 Å². The van der Waals surface area contributed by atoms with Gasteiger partial charge in [0, 0.05) is 36.9 Å². The van der Waals surface area contributed by atoms with Crippen LogP contribution in [0.3, 0.4) is 0 Å². The van der Waals surface area contributed by atoms with Crippen LogP contribution >= 0.6 is 11.3 Å². The molecule has 0 fully saturated rings. The van der Waals surface area contributed by atoms with Crippen molar-refractivity contribution in [2.24, 2.45) is 0 Å². The molecule has 2 heterocycles. The number of hydrogen-bond donors (Lipinski definition) is 0. The van der Waals surface area contributed by atoms with Crippen molar-refractivity contribution in [2.45, 2.75) is 0 Å². The lowest BCUT2D eigenvalue weighted by atomic mass is 10.0. The predicted octanol–water partition coefficient (Wildman–Crippen LogP) is 9.51. The zero-order valence-corrected chi connectivity index (χ0v) is 20.8. The lowest BCUT2D eigenvalue weighted by Crippen LogP contribution is -1.96. The van der Waals surface area contributed by atoms with E-state index in [2.05, 4.69) is 121 Å². The first kappa shape index (κ1) is 21.7. The second-order valence-corrected chi connectivity index (χ2v) is 10.2. The van der Waals surface area contributed by atoms with Gasteiger partial charge in [-0.05, 0) is 29.3 Å². The summed E-state index contributed by atoms with van der Waals surface area (Å²) in [6.45, 7) is 0. The van der Waals surface area contributed by atoms with Gasteiger partial charge in [-0.2, -0.15) is 0 Å². The van der Waals surface area contributed by atoms with Crippen LogP contribution < -0.4 is 0 Å². The van der Waals surface area contributed by atoms with E-state index in [1.807, 2.05) is 23.5 Å². The molecule has 0 aliphatic heterocycles. The van der Waals surface area contributed by atoms with Gasteiger partial charge in [0.15, 0.2) is 5.82 Å². The summed E-state index contributed by atoms with van der Waals surface area (Å²) in [6, 6.07) is 46.7. The van der Waals surface area contributed by atoms with Gasteiger partial charge >= 0.3 is 0 Å². The minimum atomic E-state index is 0.739. The largest absolute Gasteiger partial charge is 0.228 e. The van der Waals surface area contributed by atoms with Crippen LogP contribution in [-0.2, 0) is 0 Å². The Kier molecular flexibility index (Phi) is 5.34. The van der Waals surface area contributed by atoms with Crippen LogP contribution in [0.2, 0.25) is 0 Å². The topological polar surface area (TPSA) is 25.8 Å². The highest BCUT2D eigenvalue weighted by Gasteiger charge is 2.13. The van der Waals surface area contributed by atoms with Crippen LogP contribution in [0.15, 0.2) is 133 Å². The fraction of sp³-hybridized carbons (Fsp3) is 0. The third-order valence-electron chi connectivity index (χ3n) is 6.72. The van der Waals surface area contributed by atoms with Crippen molar-refractivity contribution in [1.29, 1.82) is 0 Å². The molecule has 37 heavy (non-hydrogen) atoms. The van der Waals surface area contributed by atoms with Crippen LogP contribution in [0.5, 0.6) is 0 Å². The molecule has 0 radical (unpaired) electrons. The number of nitrogens with zero attached hydrogens (tertiary/aromatic N) is 2. The van der Waals surface area contributed by atoms with E-state index in [9.17, 15) is 0 Å². The fourth-order valence-corrected chi connectivity index (χ4v) is 5.96. The number of fused-ring (bicyclic) bond motifs is 3. The van der Waals surface area contributed by atoms with E-state index in [1.54, 1.807) is 0 Å². The van der Waals surface area contributed by atoms with Crippen LogP contribution in [0.1, 0.15) is 0 Å². The van der Waals surface area contributed by atoms with Crippen molar-refractivity contribution in [3.8, 4) is 45.0 Å². The van der Waals surface area contributed by atoms with Crippen molar-refractivity contribution in [3.05, 3.63) is 133 Å². The Labute approximate surface area is 219 Å². The first-order valence-corrected chi connectivity index (χ1v) is 13.2. The van der Waals surface area contributed by atoms with Gasteiger partial charge in [0.25, 0.3) is 0 Å². The molecule has 3 heteroatoms. The predicted molar refractivity (Wildman–Crippen MR) is 157 cm³/mol. The molecule has 5 aromatic carbocycles. The van der Waals surface area contributed by atoms with Crippen LogP contribution in [0.4, 0.5) is 0 Å². The van der Waals surface area contributed by atoms with Crippen molar-refractivity contribution < 1.29 is 0 Å². The van der Waals surface area contributed by atoms with Gasteiger partial charge in [0.05, 0.1) is 11.4 Å². The number of hydrogen-bond acceptors (Lipinski definition) is 3. The lowest BCUT2D eigenvalue weighted by Gasteiger charge is -2.10. The Morgan fingerprint density at radius 1 is 0.378 bits per heavy atom. The third-order valence-corrected chi connectivity index (χ3v) is 7.85. The van der Waals surface area contributed by atoms with E-state index in [4.69, 9.17) is 9.97 Å². The summed E-state index contributed by atoms with van der Waals surface area (Å²) in [6.07, 6.45) is 0. The highest BCUT2D eigenvalue weighted by Crippen LogP contribution is 2.36. The highest BCUT2D eigenvalue weighted by molar-refractivity contribution is 7.25. The van der Waals surface area contributed by atoms with E-state index < -0.39 is 0 Å². The fourth-order valence-electron chi connectivity index (χ4n) is 4.81. The van der Waals surface area contributed by atoms with E-state index >= 15 is 0 Å². The lowest BCUT2D eigenvalue weighted by molar-refractivity contribution is 1.18. The molecule has 7 rings (SSSR count). The summed E-state index contributed by atoms with van der Waals surface area (Å²) < 4.78 is 2.55. The van der Waals surface area contributed by atoms with E-state index in [0.29, 0.717) is 0 Å². The highest BCUT2D eigenvalue weighted by atomic mass is 32.1. The second-order valence-electron chi connectivity index (χ2n) is 9.08. The van der Waals surface area contributed by atoms with Crippen LogP contribution in [-0.4, -0.2) is 9.97 Å². The molecule has 0 aliphatic rings. The first-order chi connectivity index (χ1) is 18.3. The summed E-state index contributed by atoms with van der Waals surface area (Å²) in [5.74, 6) is 0.739. The molecule has 0 unspecified atom stereocenters. The summed E-state index contributed by atoms with van der Waals surface area (Å²) in [5.41, 5.74) is 7.42. The quantitative estimate of drug-likeness (QED) is 0.245.